The lowest BCUT2D eigenvalue weighted by molar-refractivity contribution is -0.117. The number of hydrogen-bond donors (Lipinski definition) is 0. The van der Waals surface area contributed by atoms with Gasteiger partial charge in [-0.2, -0.15) is 0 Å². The molecule has 0 spiro atoms. The Morgan fingerprint density at radius 1 is 1.00 bits per heavy atom. The molecular formula is C17H14N2O. The largest absolute Gasteiger partial charge is 0.310 e. The molecule has 4 rings (SSSR count). The van der Waals surface area contributed by atoms with E-state index >= 15 is 0 Å². The molecule has 20 heavy (non-hydrogen) atoms. The Morgan fingerprint density at radius 2 is 1.85 bits per heavy atom. The lowest BCUT2D eigenvalue weighted by Crippen LogP contribution is -2.30. The summed E-state index contributed by atoms with van der Waals surface area (Å²) in [5.41, 5.74) is 5.40. The molecule has 2 aliphatic rings. The van der Waals surface area contributed by atoms with Gasteiger partial charge in [0.15, 0.2) is 0 Å². The quantitative estimate of drug-likeness (QED) is 0.777. The molecule has 0 aliphatic carbocycles. The Bertz CT molecular complexity index is 719. The van der Waals surface area contributed by atoms with Crippen LogP contribution >= 0.6 is 0 Å². The van der Waals surface area contributed by atoms with E-state index in [9.17, 15) is 4.79 Å². The highest BCUT2D eigenvalue weighted by molar-refractivity contribution is 6.20. The van der Waals surface area contributed by atoms with Crippen LogP contribution in [0.5, 0.6) is 0 Å². The molecule has 2 aromatic carbocycles. The van der Waals surface area contributed by atoms with Crippen molar-refractivity contribution in [1.29, 1.82) is 0 Å². The third-order valence-corrected chi connectivity index (χ3v) is 3.97. The summed E-state index contributed by atoms with van der Waals surface area (Å²) in [6.45, 7) is 1.01. The zero-order valence-corrected chi connectivity index (χ0v) is 11.0. The number of para-hydroxylation sites is 1. The minimum Gasteiger partial charge on any atom is -0.310 e. The molecule has 2 heterocycles. The first kappa shape index (κ1) is 11.4. The van der Waals surface area contributed by atoms with Crippen molar-refractivity contribution in [3.05, 3.63) is 65.2 Å². The maximum Gasteiger partial charge on any atom is 0.248 e. The first-order chi connectivity index (χ1) is 9.84. The van der Waals surface area contributed by atoms with E-state index in [1.54, 1.807) is 0 Å². The molecule has 3 nitrogen and oxygen atoms in total. The predicted octanol–water partition coefficient (Wildman–Crippen LogP) is 2.43. The monoisotopic (exact) mass is 262 g/mol. The van der Waals surface area contributed by atoms with E-state index in [1.165, 1.54) is 5.56 Å². The fraction of sp³-hybridized carbons (Fsp3) is 0.176. The van der Waals surface area contributed by atoms with Crippen LogP contribution in [-0.2, 0) is 11.2 Å². The van der Waals surface area contributed by atoms with Gasteiger partial charge in [-0.05, 0) is 12.0 Å². The molecule has 0 saturated heterocycles. The van der Waals surface area contributed by atoms with Crippen LogP contribution in [0, 0.1) is 0 Å². The van der Waals surface area contributed by atoms with E-state index in [1.807, 2.05) is 35.2 Å². The number of carbonyl (C=O) groups excluding carboxylic acids is 1. The third-order valence-electron chi connectivity index (χ3n) is 3.97. The molecular weight excluding hydrogens is 248 g/mol. The van der Waals surface area contributed by atoms with Crippen LogP contribution in [0.4, 0.5) is 5.69 Å². The Morgan fingerprint density at radius 3 is 2.70 bits per heavy atom. The number of rotatable bonds is 1. The molecule has 0 aromatic heterocycles. The van der Waals surface area contributed by atoms with E-state index in [2.05, 4.69) is 23.2 Å². The minimum atomic E-state index is 0.0992. The summed E-state index contributed by atoms with van der Waals surface area (Å²) in [6.07, 6.45) is 0.941. The summed E-state index contributed by atoms with van der Waals surface area (Å²) in [4.78, 5) is 18.7. The number of anilines is 1. The first-order valence-electron chi connectivity index (χ1n) is 6.87. The normalized spacial score (nSPS) is 16.7. The highest BCUT2D eigenvalue weighted by Crippen LogP contribution is 2.35. The molecule has 0 bridgehead atoms. The topological polar surface area (TPSA) is 32.7 Å². The molecule has 0 atom stereocenters. The SMILES string of the molecule is O=C1CN=C(c2ccccc2)c2cccc3c2N1CC3. The van der Waals surface area contributed by atoms with Crippen molar-refractivity contribution in [1.82, 2.24) is 0 Å². The Labute approximate surface area is 117 Å². The fourth-order valence-electron chi connectivity index (χ4n) is 3.06. The van der Waals surface area contributed by atoms with Crippen molar-refractivity contribution >= 4 is 17.3 Å². The zero-order valence-electron chi connectivity index (χ0n) is 11.0. The number of aliphatic imine (C=N–C) groups is 1. The Hall–Kier alpha value is -2.42. The average molecular weight is 262 g/mol. The molecule has 0 N–H and O–H groups in total. The van der Waals surface area contributed by atoms with Crippen molar-refractivity contribution in [2.45, 2.75) is 6.42 Å². The maximum atomic E-state index is 12.2. The van der Waals surface area contributed by atoms with Crippen molar-refractivity contribution < 1.29 is 4.79 Å². The van der Waals surface area contributed by atoms with Crippen LogP contribution in [0.15, 0.2) is 53.5 Å². The molecule has 0 unspecified atom stereocenters. The van der Waals surface area contributed by atoms with Crippen LogP contribution in [-0.4, -0.2) is 24.7 Å². The van der Waals surface area contributed by atoms with Gasteiger partial charge in [0, 0.05) is 17.7 Å². The molecule has 2 aliphatic heterocycles. The number of nitrogens with zero attached hydrogens (tertiary/aromatic N) is 2. The number of benzene rings is 2. The van der Waals surface area contributed by atoms with Crippen molar-refractivity contribution in [2.24, 2.45) is 4.99 Å². The lowest BCUT2D eigenvalue weighted by atomic mass is 9.98. The second-order valence-electron chi connectivity index (χ2n) is 5.14. The van der Waals surface area contributed by atoms with Gasteiger partial charge in [-0.3, -0.25) is 9.79 Å². The first-order valence-corrected chi connectivity index (χ1v) is 6.87. The van der Waals surface area contributed by atoms with E-state index in [0.717, 1.165) is 35.5 Å². The summed E-state index contributed by atoms with van der Waals surface area (Å²) in [5, 5.41) is 0. The summed E-state index contributed by atoms with van der Waals surface area (Å²) in [6, 6.07) is 16.3. The predicted molar refractivity (Wildman–Crippen MR) is 79.4 cm³/mol. The van der Waals surface area contributed by atoms with Gasteiger partial charge in [0.25, 0.3) is 0 Å². The Kier molecular flexibility index (Phi) is 2.46. The maximum absolute atomic E-state index is 12.2. The number of hydrogen-bond acceptors (Lipinski definition) is 2. The van der Waals surface area contributed by atoms with Gasteiger partial charge in [0.1, 0.15) is 6.54 Å². The zero-order chi connectivity index (χ0) is 13.5. The van der Waals surface area contributed by atoms with E-state index in [0.29, 0.717) is 0 Å². The van der Waals surface area contributed by atoms with E-state index < -0.39 is 0 Å². The van der Waals surface area contributed by atoms with E-state index in [-0.39, 0.29) is 12.5 Å². The van der Waals surface area contributed by atoms with Gasteiger partial charge in [-0.25, -0.2) is 0 Å². The Balaban J connectivity index is 1.96. The molecule has 0 saturated carbocycles. The third kappa shape index (κ3) is 1.59. The number of amides is 1. The van der Waals surface area contributed by atoms with Gasteiger partial charge >= 0.3 is 0 Å². The van der Waals surface area contributed by atoms with Crippen molar-refractivity contribution in [2.75, 3.05) is 18.0 Å². The van der Waals surface area contributed by atoms with Gasteiger partial charge in [0.05, 0.1) is 11.4 Å². The van der Waals surface area contributed by atoms with Gasteiger partial charge in [-0.15, -0.1) is 0 Å². The lowest BCUT2D eigenvalue weighted by Gasteiger charge is -2.17. The standard InChI is InChI=1S/C17H14N2O/c20-15-11-18-16(12-5-2-1-3-6-12)14-8-4-7-13-9-10-19(15)17(13)14/h1-8H,9-11H2. The van der Waals surface area contributed by atoms with Crippen molar-refractivity contribution in [3.63, 3.8) is 0 Å². The molecule has 98 valence electrons. The van der Waals surface area contributed by atoms with Crippen LogP contribution in [0.25, 0.3) is 0 Å². The van der Waals surface area contributed by atoms with Crippen LogP contribution < -0.4 is 4.90 Å². The summed E-state index contributed by atoms with van der Waals surface area (Å²) in [7, 11) is 0. The fourth-order valence-corrected chi connectivity index (χ4v) is 3.06. The minimum absolute atomic E-state index is 0.0992. The summed E-state index contributed by atoms with van der Waals surface area (Å²) < 4.78 is 0. The summed E-state index contributed by atoms with van der Waals surface area (Å²) >= 11 is 0. The number of carbonyl (C=O) groups is 1. The van der Waals surface area contributed by atoms with Crippen LogP contribution in [0.2, 0.25) is 0 Å². The molecule has 0 radical (unpaired) electrons. The highest BCUT2D eigenvalue weighted by atomic mass is 16.2. The van der Waals surface area contributed by atoms with Crippen molar-refractivity contribution in [3.8, 4) is 0 Å². The van der Waals surface area contributed by atoms with Gasteiger partial charge in [-0.1, -0.05) is 48.5 Å². The van der Waals surface area contributed by atoms with Gasteiger partial charge < -0.3 is 4.90 Å². The molecule has 2 aromatic rings. The molecule has 3 heteroatoms. The van der Waals surface area contributed by atoms with Crippen LogP contribution in [0.3, 0.4) is 0 Å². The molecule has 1 amide bonds. The highest BCUT2D eigenvalue weighted by Gasteiger charge is 2.30. The second-order valence-corrected chi connectivity index (χ2v) is 5.14. The summed E-state index contributed by atoms with van der Waals surface area (Å²) in [5.74, 6) is 0.0992. The average Bonchev–Trinajstić information content (AvgIpc) is 2.87. The van der Waals surface area contributed by atoms with Crippen LogP contribution in [0.1, 0.15) is 16.7 Å². The smallest absolute Gasteiger partial charge is 0.248 e. The van der Waals surface area contributed by atoms with E-state index in [4.69, 9.17) is 0 Å². The molecule has 0 fully saturated rings. The van der Waals surface area contributed by atoms with Gasteiger partial charge in [0.2, 0.25) is 5.91 Å². The second kappa shape index (κ2) is 4.30.